The SMILES string of the molecule is Cc1cccc(C=NNc2nnc3c(n2)[nH]c2c(C)cccc23)n1. The van der Waals surface area contributed by atoms with Crippen LogP contribution in [0.5, 0.6) is 0 Å². The molecule has 0 amide bonds. The first kappa shape index (κ1) is 14.3. The van der Waals surface area contributed by atoms with Crippen molar-refractivity contribution in [3.8, 4) is 0 Å². The number of hydrazone groups is 1. The maximum atomic E-state index is 4.43. The van der Waals surface area contributed by atoms with Crippen LogP contribution >= 0.6 is 0 Å². The van der Waals surface area contributed by atoms with Gasteiger partial charge in [-0.3, -0.25) is 4.98 Å². The molecule has 0 bridgehead atoms. The predicted molar refractivity (Wildman–Crippen MR) is 94.1 cm³/mol. The van der Waals surface area contributed by atoms with Gasteiger partial charge in [0.1, 0.15) is 5.52 Å². The fourth-order valence-electron chi connectivity index (χ4n) is 2.58. The highest BCUT2D eigenvalue weighted by Gasteiger charge is 2.09. The number of pyridine rings is 1. The van der Waals surface area contributed by atoms with Crippen LogP contribution in [0.25, 0.3) is 22.1 Å². The first-order valence-corrected chi connectivity index (χ1v) is 7.55. The number of H-pyrrole nitrogens is 1. The number of anilines is 1. The zero-order valence-electron chi connectivity index (χ0n) is 13.3. The monoisotopic (exact) mass is 317 g/mol. The van der Waals surface area contributed by atoms with E-state index in [1.807, 2.05) is 50.2 Å². The van der Waals surface area contributed by atoms with E-state index in [4.69, 9.17) is 0 Å². The van der Waals surface area contributed by atoms with Gasteiger partial charge < -0.3 is 4.98 Å². The number of nitrogens with zero attached hydrogens (tertiary/aromatic N) is 5. The van der Waals surface area contributed by atoms with Crippen molar-refractivity contribution in [1.82, 2.24) is 25.1 Å². The molecule has 0 fully saturated rings. The van der Waals surface area contributed by atoms with Gasteiger partial charge >= 0.3 is 0 Å². The van der Waals surface area contributed by atoms with Gasteiger partial charge in [0.05, 0.1) is 17.4 Å². The second kappa shape index (κ2) is 5.69. The summed E-state index contributed by atoms with van der Waals surface area (Å²) in [5.74, 6) is 0.329. The summed E-state index contributed by atoms with van der Waals surface area (Å²) in [6.07, 6.45) is 1.62. The molecule has 3 heterocycles. The number of hydrogen-bond donors (Lipinski definition) is 2. The molecule has 4 rings (SSSR count). The lowest BCUT2D eigenvalue weighted by molar-refractivity contribution is 1.01. The average molecular weight is 317 g/mol. The van der Waals surface area contributed by atoms with Gasteiger partial charge in [-0.15, -0.1) is 10.2 Å². The van der Waals surface area contributed by atoms with Crippen molar-refractivity contribution in [2.75, 3.05) is 5.43 Å². The summed E-state index contributed by atoms with van der Waals surface area (Å²) in [5.41, 5.74) is 8.09. The Hall–Kier alpha value is -3.35. The van der Waals surface area contributed by atoms with Gasteiger partial charge in [-0.25, -0.2) is 5.43 Å². The van der Waals surface area contributed by atoms with Crippen LogP contribution in [0, 0.1) is 13.8 Å². The van der Waals surface area contributed by atoms with Crippen molar-refractivity contribution in [2.45, 2.75) is 13.8 Å². The highest BCUT2D eigenvalue weighted by Crippen LogP contribution is 2.24. The Morgan fingerprint density at radius 2 is 1.92 bits per heavy atom. The third-order valence-corrected chi connectivity index (χ3v) is 3.73. The lowest BCUT2D eigenvalue weighted by Crippen LogP contribution is -1.99. The standard InChI is InChI=1S/C17H15N7/c1-10-5-3-8-13-14(10)20-16-15(13)22-24-17(21-16)23-18-9-12-7-4-6-11(2)19-12/h3-9H,1-2H3,(H2,20,21,23,24). The lowest BCUT2D eigenvalue weighted by atomic mass is 10.1. The van der Waals surface area contributed by atoms with Gasteiger partial charge in [0.2, 0.25) is 0 Å². The third-order valence-electron chi connectivity index (χ3n) is 3.73. The molecule has 0 aliphatic heterocycles. The molecule has 2 N–H and O–H groups in total. The lowest BCUT2D eigenvalue weighted by Gasteiger charge is -1.97. The molecule has 0 unspecified atom stereocenters. The summed E-state index contributed by atoms with van der Waals surface area (Å²) in [6, 6.07) is 11.8. The van der Waals surface area contributed by atoms with Gasteiger partial charge in [-0.05, 0) is 31.5 Å². The van der Waals surface area contributed by atoms with E-state index >= 15 is 0 Å². The van der Waals surface area contributed by atoms with E-state index in [0.29, 0.717) is 11.6 Å². The van der Waals surface area contributed by atoms with Crippen molar-refractivity contribution in [2.24, 2.45) is 5.10 Å². The molecule has 0 spiro atoms. The Morgan fingerprint density at radius 3 is 2.79 bits per heavy atom. The summed E-state index contributed by atoms with van der Waals surface area (Å²) in [5, 5.41) is 13.5. The van der Waals surface area contributed by atoms with E-state index in [2.05, 4.69) is 35.7 Å². The quantitative estimate of drug-likeness (QED) is 0.448. The number of benzene rings is 1. The van der Waals surface area contributed by atoms with Crippen molar-refractivity contribution >= 4 is 34.2 Å². The fourth-order valence-corrected chi connectivity index (χ4v) is 2.58. The van der Waals surface area contributed by atoms with Crippen molar-refractivity contribution < 1.29 is 0 Å². The Morgan fingerprint density at radius 1 is 1.04 bits per heavy atom. The third kappa shape index (κ3) is 2.56. The minimum Gasteiger partial charge on any atom is -0.337 e. The van der Waals surface area contributed by atoms with Gasteiger partial charge in [0, 0.05) is 11.1 Å². The zero-order valence-corrected chi connectivity index (χ0v) is 13.3. The van der Waals surface area contributed by atoms with E-state index in [-0.39, 0.29) is 0 Å². The number of aryl methyl sites for hydroxylation is 2. The Bertz CT molecular complexity index is 1070. The van der Waals surface area contributed by atoms with Crippen LogP contribution in [0.3, 0.4) is 0 Å². The Kier molecular flexibility index (Phi) is 3.38. The molecular weight excluding hydrogens is 302 g/mol. The van der Waals surface area contributed by atoms with Crippen LogP contribution in [-0.4, -0.2) is 31.4 Å². The number of aromatic nitrogens is 5. The number of rotatable bonds is 3. The number of hydrogen-bond acceptors (Lipinski definition) is 6. The molecule has 3 aromatic heterocycles. The highest BCUT2D eigenvalue weighted by molar-refractivity contribution is 6.04. The van der Waals surface area contributed by atoms with E-state index in [9.17, 15) is 0 Å². The van der Waals surface area contributed by atoms with E-state index in [0.717, 1.165) is 33.4 Å². The smallest absolute Gasteiger partial charge is 0.265 e. The Balaban J connectivity index is 1.63. The molecular formula is C17H15N7. The summed E-state index contributed by atoms with van der Waals surface area (Å²) in [6.45, 7) is 3.98. The molecule has 1 aromatic carbocycles. The zero-order chi connectivity index (χ0) is 16.5. The number of para-hydroxylation sites is 1. The van der Waals surface area contributed by atoms with Gasteiger partial charge in [0.25, 0.3) is 5.95 Å². The summed E-state index contributed by atoms with van der Waals surface area (Å²) < 4.78 is 0. The molecule has 0 saturated heterocycles. The number of nitrogens with one attached hydrogen (secondary N) is 2. The summed E-state index contributed by atoms with van der Waals surface area (Å²) >= 11 is 0. The minimum atomic E-state index is 0.329. The van der Waals surface area contributed by atoms with Crippen LogP contribution in [0.2, 0.25) is 0 Å². The molecule has 0 atom stereocenters. The molecule has 0 radical (unpaired) electrons. The van der Waals surface area contributed by atoms with Crippen LogP contribution < -0.4 is 5.43 Å². The topological polar surface area (TPSA) is 91.7 Å². The Labute approximate surface area is 137 Å². The predicted octanol–water partition coefficient (Wildman–Crippen LogP) is 2.96. The van der Waals surface area contributed by atoms with Crippen molar-refractivity contribution in [3.05, 3.63) is 53.3 Å². The first-order valence-electron chi connectivity index (χ1n) is 7.55. The molecule has 0 aliphatic rings. The average Bonchev–Trinajstić information content (AvgIpc) is 2.94. The minimum absolute atomic E-state index is 0.329. The maximum absolute atomic E-state index is 4.43. The number of aromatic amines is 1. The van der Waals surface area contributed by atoms with Gasteiger partial charge in [-0.1, -0.05) is 24.3 Å². The van der Waals surface area contributed by atoms with E-state index < -0.39 is 0 Å². The number of fused-ring (bicyclic) bond motifs is 3. The largest absolute Gasteiger partial charge is 0.337 e. The molecule has 7 heteroatoms. The van der Waals surface area contributed by atoms with Gasteiger partial charge in [0.15, 0.2) is 5.65 Å². The fraction of sp³-hybridized carbons (Fsp3) is 0.118. The molecule has 24 heavy (non-hydrogen) atoms. The normalized spacial score (nSPS) is 11.6. The van der Waals surface area contributed by atoms with Gasteiger partial charge in [-0.2, -0.15) is 10.1 Å². The first-order chi connectivity index (χ1) is 11.7. The van der Waals surface area contributed by atoms with Crippen LogP contribution in [0.4, 0.5) is 5.95 Å². The van der Waals surface area contributed by atoms with E-state index in [1.54, 1.807) is 6.21 Å². The highest BCUT2D eigenvalue weighted by atomic mass is 15.4. The van der Waals surface area contributed by atoms with Crippen LogP contribution in [0.15, 0.2) is 41.5 Å². The molecule has 4 aromatic rings. The molecule has 118 valence electrons. The summed E-state index contributed by atoms with van der Waals surface area (Å²) in [4.78, 5) is 12.1. The van der Waals surface area contributed by atoms with Crippen molar-refractivity contribution in [3.63, 3.8) is 0 Å². The van der Waals surface area contributed by atoms with Crippen molar-refractivity contribution in [1.29, 1.82) is 0 Å². The second-order valence-corrected chi connectivity index (χ2v) is 5.53. The van der Waals surface area contributed by atoms with Crippen LogP contribution in [0.1, 0.15) is 17.0 Å². The van der Waals surface area contributed by atoms with Crippen LogP contribution in [-0.2, 0) is 0 Å². The van der Waals surface area contributed by atoms with E-state index in [1.165, 1.54) is 0 Å². The maximum Gasteiger partial charge on any atom is 0.265 e. The molecule has 7 nitrogen and oxygen atoms in total. The second-order valence-electron chi connectivity index (χ2n) is 5.53. The summed E-state index contributed by atoms with van der Waals surface area (Å²) in [7, 11) is 0. The molecule has 0 aliphatic carbocycles. The molecule has 0 saturated carbocycles.